The van der Waals surface area contributed by atoms with Gasteiger partial charge in [0.05, 0.1) is 5.56 Å². The molecule has 0 saturated heterocycles. The van der Waals surface area contributed by atoms with Crippen LogP contribution >= 0.6 is 0 Å². The first kappa shape index (κ1) is 20.9. The lowest BCUT2D eigenvalue weighted by Crippen LogP contribution is -2.16. The quantitative estimate of drug-likeness (QED) is 0.505. The number of ether oxygens (including phenoxy) is 2. The maximum Gasteiger partial charge on any atom is 0.259 e. The van der Waals surface area contributed by atoms with E-state index in [0.717, 1.165) is 5.75 Å². The van der Waals surface area contributed by atoms with Gasteiger partial charge in [-0.25, -0.2) is 0 Å². The van der Waals surface area contributed by atoms with Gasteiger partial charge < -0.3 is 20.1 Å². The largest absolute Gasteiger partial charge is 0.490 e. The Bertz CT molecular complexity index is 989. The van der Waals surface area contributed by atoms with Gasteiger partial charge in [-0.05, 0) is 42.5 Å². The van der Waals surface area contributed by atoms with Crippen LogP contribution in [0.2, 0.25) is 0 Å². The summed E-state index contributed by atoms with van der Waals surface area (Å²) in [5, 5.41) is 5.62. The average molecular weight is 404 g/mol. The fourth-order valence-electron chi connectivity index (χ4n) is 2.73. The number of carbonyl (C=O) groups is 2. The Morgan fingerprint density at radius 3 is 2.20 bits per heavy atom. The van der Waals surface area contributed by atoms with Crippen molar-refractivity contribution in [1.82, 2.24) is 0 Å². The molecule has 0 aromatic heterocycles. The van der Waals surface area contributed by atoms with Gasteiger partial charge in [0.2, 0.25) is 5.91 Å². The molecule has 0 heterocycles. The third-order valence-electron chi connectivity index (χ3n) is 4.21. The molecule has 6 heteroatoms. The second-order valence-electron chi connectivity index (χ2n) is 6.44. The van der Waals surface area contributed by atoms with Gasteiger partial charge in [-0.3, -0.25) is 9.59 Å². The van der Waals surface area contributed by atoms with Gasteiger partial charge in [-0.15, -0.1) is 0 Å². The summed E-state index contributed by atoms with van der Waals surface area (Å²) in [6, 6.07) is 23.5. The molecule has 0 aliphatic heterocycles. The standard InChI is InChI=1S/C24H24N2O4/c1-2-23(27)25-18-9-8-10-19(17-18)26-24(28)21-13-6-7-14-22(21)30-16-15-29-20-11-4-3-5-12-20/h3-14,17H,2,15-16H2,1H3,(H,25,27)(H,26,28). The van der Waals surface area contributed by atoms with Crippen molar-refractivity contribution in [2.24, 2.45) is 0 Å². The van der Waals surface area contributed by atoms with E-state index in [1.807, 2.05) is 36.4 Å². The Morgan fingerprint density at radius 2 is 1.43 bits per heavy atom. The number of para-hydroxylation sites is 2. The number of hydrogen-bond acceptors (Lipinski definition) is 4. The van der Waals surface area contributed by atoms with Crippen LogP contribution < -0.4 is 20.1 Å². The number of benzene rings is 3. The van der Waals surface area contributed by atoms with Gasteiger partial charge in [0.1, 0.15) is 24.7 Å². The maximum absolute atomic E-state index is 12.8. The molecule has 154 valence electrons. The Morgan fingerprint density at radius 1 is 0.767 bits per heavy atom. The molecular weight excluding hydrogens is 380 g/mol. The lowest BCUT2D eigenvalue weighted by Gasteiger charge is -2.13. The SMILES string of the molecule is CCC(=O)Nc1cccc(NC(=O)c2ccccc2OCCOc2ccccc2)c1. The highest BCUT2D eigenvalue weighted by Crippen LogP contribution is 2.21. The number of anilines is 2. The molecule has 0 unspecified atom stereocenters. The summed E-state index contributed by atoms with van der Waals surface area (Å²) in [5.41, 5.74) is 1.62. The van der Waals surface area contributed by atoms with Gasteiger partial charge in [-0.1, -0.05) is 43.3 Å². The van der Waals surface area contributed by atoms with Gasteiger partial charge in [-0.2, -0.15) is 0 Å². The van der Waals surface area contributed by atoms with E-state index in [2.05, 4.69) is 10.6 Å². The topological polar surface area (TPSA) is 76.7 Å². The minimum absolute atomic E-state index is 0.0880. The highest BCUT2D eigenvalue weighted by molar-refractivity contribution is 6.06. The van der Waals surface area contributed by atoms with E-state index < -0.39 is 0 Å². The van der Waals surface area contributed by atoms with Gasteiger partial charge in [0.15, 0.2) is 0 Å². The first-order valence-electron chi connectivity index (χ1n) is 9.76. The van der Waals surface area contributed by atoms with Crippen molar-refractivity contribution in [1.29, 1.82) is 0 Å². The normalized spacial score (nSPS) is 10.2. The number of carbonyl (C=O) groups excluding carboxylic acids is 2. The van der Waals surface area contributed by atoms with Crippen molar-refractivity contribution in [3.8, 4) is 11.5 Å². The van der Waals surface area contributed by atoms with Crippen LogP contribution in [0.25, 0.3) is 0 Å². The van der Waals surface area contributed by atoms with Crippen molar-refractivity contribution >= 4 is 23.2 Å². The van der Waals surface area contributed by atoms with E-state index in [1.165, 1.54) is 0 Å². The highest BCUT2D eigenvalue weighted by atomic mass is 16.5. The molecule has 6 nitrogen and oxygen atoms in total. The van der Waals surface area contributed by atoms with E-state index in [-0.39, 0.29) is 11.8 Å². The molecule has 0 aliphatic carbocycles. The molecule has 0 atom stereocenters. The smallest absolute Gasteiger partial charge is 0.259 e. The average Bonchev–Trinajstić information content (AvgIpc) is 2.78. The van der Waals surface area contributed by atoms with Crippen LogP contribution in [0.15, 0.2) is 78.9 Å². The second kappa shape index (κ2) is 10.7. The summed E-state index contributed by atoms with van der Waals surface area (Å²) in [6.07, 6.45) is 0.384. The fraction of sp³-hybridized carbons (Fsp3) is 0.167. The third-order valence-corrected chi connectivity index (χ3v) is 4.21. The van der Waals surface area contributed by atoms with E-state index in [0.29, 0.717) is 42.3 Å². The van der Waals surface area contributed by atoms with Crippen LogP contribution in [-0.4, -0.2) is 25.0 Å². The van der Waals surface area contributed by atoms with Gasteiger partial charge >= 0.3 is 0 Å². The Labute approximate surface area is 175 Å². The molecule has 3 rings (SSSR count). The van der Waals surface area contributed by atoms with Crippen LogP contribution in [0.4, 0.5) is 11.4 Å². The van der Waals surface area contributed by atoms with Crippen LogP contribution in [0.3, 0.4) is 0 Å². The monoisotopic (exact) mass is 404 g/mol. The van der Waals surface area contributed by atoms with Crippen molar-refractivity contribution in [2.45, 2.75) is 13.3 Å². The zero-order valence-electron chi connectivity index (χ0n) is 16.8. The number of amides is 2. The lowest BCUT2D eigenvalue weighted by molar-refractivity contribution is -0.115. The van der Waals surface area contributed by atoms with E-state index in [1.54, 1.807) is 49.4 Å². The molecule has 3 aromatic rings. The van der Waals surface area contributed by atoms with Crippen molar-refractivity contribution in [2.75, 3.05) is 23.8 Å². The third kappa shape index (κ3) is 6.10. The summed E-state index contributed by atoms with van der Waals surface area (Å²) in [4.78, 5) is 24.3. The summed E-state index contributed by atoms with van der Waals surface area (Å²) >= 11 is 0. The predicted octanol–water partition coefficient (Wildman–Crippen LogP) is 4.75. The zero-order chi connectivity index (χ0) is 21.2. The molecule has 0 fully saturated rings. The van der Waals surface area contributed by atoms with Crippen LogP contribution in [-0.2, 0) is 4.79 Å². The Balaban J connectivity index is 1.60. The Kier molecular flexibility index (Phi) is 7.44. The zero-order valence-corrected chi connectivity index (χ0v) is 16.8. The minimum Gasteiger partial charge on any atom is -0.490 e. The molecule has 0 saturated carbocycles. The molecule has 0 aliphatic rings. The molecule has 3 aromatic carbocycles. The number of nitrogens with one attached hydrogen (secondary N) is 2. The van der Waals surface area contributed by atoms with Gasteiger partial charge in [0, 0.05) is 17.8 Å². The molecule has 30 heavy (non-hydrogen) atoms. The molecule has 0 radical (unpaired) electrons. The predicted molar refractivity (Wildman–Crippen MR) is 117 cm³/mol. The molecule has 2 amide bonds. The van der Waals surface area contributed by atoms with Gasteiger partial charge in [0.25, 0.3) is 5.91 Å². The summed E-state index contributed by atoms with van der Waals surface area (Å²) in [5.74, 6) is 0.854. The first-order chi connectivity index (χ1) is 14.7. The fourth-order valence-corrected chi connectivity index (χ4v) is 2.73. The minimum atomic E-state index is -0.298. The van der Waals surface area contributed by atoms with Crippen LogP contribution in [0.1, 0.15) is 23.7 Å². The van der Waals surface area contributed by atoms with Crippen LogP contribution in [0, 0.1) is 0 Å². The molecule has 0 spiro atoms. The number of hydrogen-bond donors (Lipinski definition) is 2. The highest BCUT2D eigenvalue weighted by Gasteiger charge is 2.13. The van der Waals surface area contributed by atoms with E-state index in [4.69, 9.17) is 9.47 Å². The van der Waals surface area contributed by atoms with Crippen molar-refractivity contribution in [3.05, 3.63) is 84.4 Å². The van der Waals surface area contributed by atoms with Crippen molar-refractivity contribution < 1.29 is 19.1 Å². The number of rotatable bonds is 9. The molecule has 0 bridgehead atoms. The summed E-state index contributed by atoms with van der Waals surface area (Å²) < 4.78 is 11.4. The van der Waals surface area contributed by atoms with E-state index >= 15 is 0 Å². The second-order valence-corrected chi connectivity index (χ2v) is 6.44. The Hall–Kier alpha value is -3.80. The van der Waals surface area contributed by atoms with E-state index in [9.17, 15) is 9.59 Å². The van der Waals surface area contributed by atoms with Crippen LogP contribution in [0.5, 0.6) is 11.5 Å². The maximum atomic E-state index is 12.8. The lowest BCUT2D eigenvalue weighted by atomic mass is 10.1. The molecule has 2 N–H and O–H groups in total. The summed E-state index contributed by atoms with van der Waals surface area (Å²) in [6.45, 7) is 2.44. The molecular formula is C24H24N2O4. The summed E-state index contributed by atoms with van der Waals surface area (Å²) in [7, 11) is 0. The van der Waals surface area contributed by atoms with Crippen molar-refractivity contribution in [3.63, 3.8) is 0 Å². The first-order valence-corrected chi connectivity index (χ1v) is 9.76.